The Morgan fingerprint density at radius 3 is 1.89 bits per heavy atom. The summed E-state index contributed by atoms with van der Waals surface area (Å²) in [5, 5.41) is 0. The zero-order valence-corrected chi connectivity index (χ0v) is 6.59. The average molecular weight is 124 g/mol. The Labute approximate surface area is 58.0 Å². The maximum atomic E-state index is 3.79. The van der Waals surface area contributed by atoms with E-state index in [1.165, 1.54) is 0 Å². The first-order chi connectivity index (χ1) is 4.18. The minimum Gasteiger partial charge on any atom is -0.103 e. The molecule has 0 amide bonds. The zero-order chi connectivity index (χ0) is 7.02. The molecule has 0 N–H and O–H groups in total. The lowest BCUT2D eigenvalue weighted by atomic mass is 10.0. The molecule has 1 aliphatic rings. The minimum absolute atomic E-state index is 0.731. The first kappa shape index (κ1) is 6.85. The Kier molecular flexibility index (Phi) is 1.65. The maximum absolute atomic E-state index is 3.79. The van der Waals surface area contributed by atoms with Crippen molar-refractivity contribution in [1.29, 1.82) is 0 Å². The molecule has 1 saturated carbocycles. The van der Waals surface area contributed by atoms with Crippen molar-refractivity contribution in [2.24, 2.45) is 23.7 Å². The summed E-state index contributed by atoms with van der Waals surface area (Å²) in [4.78, 5) is 0. The number of hydrogen-bond acceptors (Lipinski definition) is 0. The lowest BCUT2D eigenvalue weighted by molar-refractivity contribution is 0.569. The Morgan fingerprint density at radius 1 is 1.33 bits per heavy atom. The summed E-state index contributed by atoms with van der Waals surface area (Å²) in [7, 11) is 0. The van der Waals surface area contributed by atoms with Gasteiger partial charge in [0.15, 0.2) is 0 Å². The van der Waals surface area contributed by atoms with Gasteiger partial charge in [-0.05, 0) is 23.7 Å². The molecule has 0 spiro atoms. The molecule has 0 bridgehead atoms. The predicted octanol–water partition coefficient (Wildman–Crippen LogP) is 2.71. The molecule has 3 atom stereocenters. The molecule has 0 aromatic heterocycles. The lowest BCUT2D eigenvalue weighted by Crippen LogP contribution is -1.93. The van der Waals surface area contributed by atoms with Crippen molar-refractivity contribution in [1.82, 2.24) is 0 Å². The molecule has 1 aliphatic carbocycles. The normalized spacial score (nSPS) is 44.1. The smallest absolute Gasteiger partial charge is 0.0231 e. The standard InChI is InChI=1S/C9H16/c1-5-6(2)9-7(3)8(9)4/h5-9H,1H2,2-4H3. The van der Waals surface area contributed by atoms with Crippen molar-refractivity contribution < 1.29 is 0 Å². The fourth-order valence-electron chi connectivity index (χ4n) is 1.82. The molecule has 52 valence electrons. The van der Waals surface area contributed by atoms with Gasteiger partial charge in [-0.1, -0.05) is 26.8 Å². The molecule has 0 nitrogen and oxygen atoms in total. The average Bonchev–Trinajstić information content (AvgIpc) is 2.40. The van der Waals surface area contributed by atoms with Crippen LogP contribution in [0.1, 0.15) is 20.8 Å². The highest BCUT2D eigenvalue weighted by Crippen LogP contribution is 2.50. The van der Waals surface area contributed by atoms with Crippen LogP contribution in [0.15, 0.2) is 12.7 Å². The first-order valence-corrected chi connectivity index (χ1v) is 3.81. The van der Waals surface area contributed by atoms with E-state index in [0.29, 0.717) is 0 Å². The number of hydrogen-bond donors (Lipinski definition) is 0. The van der Waals surface area contributed by atoms with E-state index < -0.39 is 0 Å². The SMILES string of the molecule is C=CC(C)C1C(C)C1C. The summed E-state index contributed by atoms with van der Waals surface area (Å²) in [6, 6.07) is 0. The van der Waals surface area contributed by atoms with Crippen LogP contribution in [-0.4, -0.2) is 0 Å². The molecule has 0 aliphatic heterocycles. The van der Waals surface area contributed by atoms with Gasteiger partial charge >= 0.3 is 0 Å². The molecule has 9 heavy (non-hydrogen) atoms. The monoisotopic (exact) mass is 124 g/mol. The Morgan fingerprint density at radius 2 is 1.78 bits per heavy atom. The summed E-state index contributed by atoms with van der Waals surface area (Å²) < 4.78 is 0. The minimum atomic E-state index is 0.731. The second kappa shape index (κ2) is 2.17. The third-order valence-electron chi connectivity index (χ3n) is 2.88. The molecule has 0 heteroatoms. The van der Waals surface area contributed by atoms with Crippen LogP contribution < -0.4 is 0 Å². The zero-order valence-electron chi connectivity index (χ0n) is 6.59. The van der Waals surface area contributed by atoms with Crippen LogP contribution in [0.4, 0.5) is 0 Å². The summed E-state index contributed by atoms with van der Waals surface area (Å²) >= 11 is 0. The summed E-state index contributed by atoms with van der Waals surface area (Å²) in [5.41, 5.74) is 0. The highest BCUT2D eigenvalue weighted by atomic mass is 14.5. The van der Waals surface area contributed by atoms with E-state index in [1.807, 2.05) is 0 Å². The molecule has 0 radical (unpaired) electrons. The van der Waals surface area contributed by atoms with Crippen LogP contribution >= 0.6 is 0 Å². The molecule has 0 saturated heterocycles. The molecule has 0 heterocycles. The molecule has 0 aromatic rings. The van der Waals surface area contributed by atoms with Crippen molar-refractivity contribution >= 4 is 0 Å². The Hall–Kier alpha value is -0.260. The number of rotatable bonds is 2. The first-order valence-electron chi connectivity index (χ1n) is 3.81. The van der Waals surface area contributed by atoms with Gasteiger partial charge in [-0.25, -0.2) is 0 Å². The van der Waals surface area contributed by atoms with Gasteiger partial charge < -0.3 is 0 Å². The van der Waals surface area contributed by atoms with Gasteiger partial charge in [0.05, 0.1) is 0 Å². The van der Waals surface area contributed by atoms with Gasteiger partial charge in [-0.2, -0.15) is 0 Å². The second-order valence-corrected chi connectivity index (χ2v) is 3.39. The summed E-state index contributed by atoms with van der Waals surface area (Å²) in [6.07, 6.45) is 2.07. The highest BCUT2D eigenvalue weighted by molar-refractivity contribution is 4.98. The molecular weight excluding hydrogens is 108 g/mol. The van der Waals surface area contributed by atoms with Crippen molar-refractivity contribution in [3.05, 3.63) is 12.7 Å². The maximum Gasteiger partial charge on any atom is -0.0231 e. The van der Waals surface area contributed by atoms with Crippen LogP contribution in [0.3, 0.4) is 0 Å². The topological polar surface area (TPSA) is 0 Å². The quantitative estimate of drug-likeness (QED) is 0.496. The third-order valence-corrected chi connectivity index (χ3v) is 2.88. The third kappa shape index (κ3) is 1.03. The Bertz CT molecular complexity index is 107. The largest absolute Gasteiger partial charge is 0.103 e. The molecule has 1 rings (SSSR count). The van der Waals surface area contributed by atoms with Gasteiger partial charge in [0.25, 0.3) is 0 Å². The van der Waals surface area contributed by atoms with Crippen LogP contribution in [0.2, 0.25) is 0 Å². The lowest BCUT2D eigenvalue weighted by Gasteiger charge is -2.00. The van der Waals surface area contributed by atoms with Crippen molar-refractivity contribution in [2.75, 3.05) is 0 Å². The summed E-state index contributed by atoms with van der Waals surface area (Å²) in [6.45, 7) is 10.7. The van der Waals surface area contributed by atoms with E-state index in [4.69, 9.17) is 0 Å². The van der Waals surface area contributed by atoms with Crippen LogP contribution in [0.5, 0.6) is 0 Å². The van der Waals surface area contributed by atoms with E-state index in [9.17, 15) is 0 Å². The predicted molar refractivity (Wildman–Crippen MR) is 41.2 cm³/mol. The van der Waals surface area contributed by atoms with Crippen LogP contribution in [-0.2, 0) is 0 Å². The Balaban J connectivity index is 2.39. The fourth-order valence-corrected chi connectivity index (χ4v) is 1.82. The van der Waals surface area contributed by atoms with Crippen molar-refractivity contribution in [2.45, 2.75) is 20.8 Å². The van der Waals surface area contributed by atoms with Crippen LogP contribution in [0, 0.1) is 23.7 Å². The van der Waals surface area contributed by atoms with Gasteiger partial charge in [0, 0.05) is 0 Å². The van der Waals surface area contributed by atoms with Gasteiger partial charge in [-0.15, -0.1) is 6.58 Å². The van der Waals surface area contributed by atoms with E-state index in [0.717, 1.165) is 23.7 Å². The highest BCUT2D eigenvalue weighted by Gasteiger charge is 2.44. The molecule has 3 unspecified atom stereocenters. The van der Waals surface area contributed by atoms with Gasteiger partial charge in [0.1, 0.15) is 0 Å². The van der Waals surface area contributed by atoms with Gasteiger partial charge in [-0.3, -0.25) is 0 Å². The van der Waals surface area contributed by atoms with E-state index in [1.54, 1.807) is 0 Å². The summed E-state index contributed by atoms with van der Waals surface area (Å²) in [5.74, 6) is 3.55. The van der Waals surface area contributed by atoms with Crippen molar-refractivity contribution in [3.8, 4) is 0 Å². The van der Waals surface area contributed by atoms with E-state index >= 15 is 0 Å². The van der Waals surface area contributed by atoms with Crippen LogP contribution in [0.25, 0.3) is 0 Å². The molecule has 1 fully saturated rings. The molecule has 0 aromatic carbocycles. The number of allylic oxidation sites excluding steroid dienone is 1. The fraction of sp³-hybridized carbons (Fsp3) is 0.778. The second-order valence-electron chi connectivity index (χ2n) is 3.39. The van der Waals surface area contributed by atoms with E-state index in [2.05, 4.69) is 33.4 Å². The van der Waals surface area contributed by atoms with Crippen molar-refractivity contribution in [3.63, 3.8) is 0 Å². The van der Waals surface area contributed by atoms with Gasteiger partial charge in [0.2, 0.25) is 0 Å². The molecular formula is C9H16. The van der Waals surface area contributed by atoms with E-state index in [-0.39, 0.29) is 0 Å².